The van der Waals surface area contributed by atoms with Gasteiger partial charge in [-0.25, -0.2) is 4.39 Å². The van der Waals surface area contributed by atoms with Gasteiger partial charge in [-0.2, -0.15) is 0 Å². The number of benzene rings is 1. The van der Waals surface area contributed by atoms with Gasteiger partial charge in [0.1, 0.15) is 11.6 Å². The number of rotatable bonds is 2. The highest BCUT2D eigenvalue weighted by molar-refractivity contribution is 5.41. The standard InChI is InChI=1S/C13H16FNO2/c14-12-1-2-13-11(7-16-8-17-13)10(12)5-9-3-4-15-6-9/h1-2,9,15H,3-8H2. The molecular weight excluding hydrogens is 221 g/mol. The maximum Gasteiger partial charge on any atom is 0.189 e. The van der Waals surface area contributed by atoms with Crippen LogP contribution in [-0.2, 0) is 17.8 Å². The van der Waals surface area contributed by atoms with E-state index in [9.17, 15) is 4.39 Å². The molecule has 3 nitrogen and oxygen atoms in total. The number of halogens is 1. The van der Waals surface area contributed by atoms with Gasteiger partial charge in [0.15, 0.2) is 6.79 Å². The summed E-state index contributed by atoms with van der Waals surface area (Å²) < 4.78 is 24.5. The molecule has 0 spiro atoms. The molecule has 17 heavy (non-hydrogen) atoms. The van der Waals surface area contributed by atoms with Crippen LogP contribution in [-0.4, -0.2) is 19.9 Å². The first-order valence-electron chi connectivity index (χ1n) is 6.06. The quantitative estimate of drug-likeness (QED) is 0.851. The van der Waals surface area contributed by atoms with Crippen molar-refractivity contribution < 1.29 is 13.9 Å². The fourth-order valence-corrected chi connectivity index (χ4v) is 2.58. The molecule has 1 atom stereocenters. The zero-order chi connectivity index (χ0) is 11.7. The van der Waals surface area contributed by atoms with E-state index in [4.69, 9.17) is 9.47 Å². The van der Waals surface area contributed by atoms with Crippen molar-refractivity contribution >= 4 is 0 Å². The van der Waals surface area contributed by atoms with Crippen LogP contribution in [0.4, 0.5) is 4.39 Å². The molecule has 4 heteroatoms. The van der Waals surface area contributed by atoms with Crippen LogP contribution < -0.4 is 10.1 Å². The molecule has 92 valence electrons. The summed E-state index contributed by atoms with van der Waals surface area (Å²) in [6.45, 7) is 2.74. The van der Waals surface area contributed by atoms with E-state index < -0.39 is 0 Å². The zero-order valence-corrected chi connectivity index (χ0v) is 9.67. The number of hydrogen-bond donors (Lipinski definition) is 1. The van der Waals surface area contributed by atoms with E-state index in [-0.39, 0.29) is 12.6 Å². The van der Waals surface area contributed by atoms with Crippen molar-refractivity contribution in [3.63, 3.8) is 0 Å². The van der Waals surface area contributed by atoms with E-state index in [0.717, 1.165) is 42.8 Å². The minimum absolute atomic E-state index is 0.134. The third kappa shape index (κ3) is 2.15. The van der Waals surface area contributed by atoms with E-state index in [0.29, 0.717) is 12.5 Å². The van der Waals surface area contributed by atoms with Gasteiger partial charge in [-0.1, -0.05) is 0 Å². The Morgan fingerprint density at radius 2 is 2.35 bits per heavy atom. The van der Waals surface area contributed by atoms with Gasteiger partial charge in [-0.3, -0.25) is 0 Å². The van der Waals surface area contributed by atoms with Crippen LogP contribution in [0.2, 0.25) is 0 Å². The van der Waals surface area contributed by atoms with Gasteiger partial charge in [-0.05, 0) is 49.5 Å². The predicted molar refractivity (Wildman–Crippen MR) is 61.4 cm³/mol. The normalized spacial score (nSPS) is 23.2. The summed E-state index contributed by atoms with van der Waals surface area (Å²) in [5, 5.41) is 3.31. The first-order chi connectivity index (χ1) is 8.34. The van der Waals surface area contributed by atoms with Crippen molar-refractivity contribution in [1.82, 2.24) is 5.32 Å². The Balaban J connectivity index is 1.90. The molecule has 1 unspecified atom stereocenters. The second kappa shape index (κ2) is 4.63. The molecular formula is C13H16FNO2. The molecule has 1 N–H and O–H groups in total. The van der Waals surface area contributed by atoms with Crippen molar-refractivity contribution in [3.05, 3.63) is 29.1 Å². The molecule has 0 aromatic heterocycles. The molecule has 1 aromatic rings. The van der Waals surface area contributed by atoms with Crippen molar-refractivity contribution in [2.45, 2.75) is 19.4 Å². The first kappa shape index (κ1) is 11.0. The van der Waals surface area contributed by atoms with Crippen LogP contribution >= 0.6 is 0 Å². The van der Waals surface area contributed by atoms with Crippen LogP contribution in [0, 0.1) is 11.7 Å². The SMILES string of the molecule is Fc1ccc2c(c1CC1CCNC1)COCO2. The summed E-state index contributed by atoms with van der Waals surface area (Å²) >= 11 is 0. The van der Waals surface area contributed by atoms with Gasteiger partial charge in [0.25, 0.3) is 0 Å². The van der Waals surface area contributed by atoms with Gasteiger partial charge < -0.3 is 14.8 Å². The van der Waals surface area contributed by atoms with E-state index in [1.807, 2.05) is 0 Å². The predicted octanol–water partition coefficient (Wildman–Crippen LogP) is 1.84. The molecule has 0 radical (unpaired) electrons. The Labute approximate surface area is 99.9 Å². The summed E-state index contributed by atoms with van der Waals surface area (Å²) in [6.07, 6.45) is 1.89. The molecule has 2 heterocycles. The van der Waals surface area contributed by atoms with Gasteiger partial charge in [0, 0.05) is 5.56 Å². The lowest BCUT2D eigenvalue weighted by atomic mass is 9.94. The smallest absolute Gasteiger partial charge is 0.189 e. The Hall–Kier alpha value is -1.13. The number of hydrogen-bond acceptors (Lipinski definition) is 3. The van der Waals surface area contributed by atoms with Gasteiger partial charge >= 0.3 is 0 Å². The minimum atomic E-state index is -0.134. The van der Waals surface area contributed by atoms with Crippen LogP contribution in [0.5, 0.6) is 5.75 Å². The largest absolute Gasteiger partial charge is 0.467 e. The average molecular weight is 237 g/mol. The Morgan fingerprint density at radius 3 is 3.18 bits per heavy atom. The lowest BCUT2D eigenvalue weighted by Crippen LogP contribution is -2.17. The zero-order valence-electron chi connectivity index (χ0n) is 9.67. The monoisotopic (exact) mass is 237 g/mol. The summed E-state index contributed by atoms with van der Waals surface area (Å²) in [7, 11) is 0. The first-order valence-corrected chi connectivity index (χ1v) is 6.06. The van der Waals surface area contributed by atoms with Crippen LogP contribution in [0.25, 0.3) is 0 Å². The van der Waals surface area contributed by atoms with Gasteiger partial charge in [0.2, 0.25) is 0 Å². The van der Waals surface area contributed by atoms with Crippen LogP contribution in [0.1, 0.15) is 17.5 Å². The lowest BCUT2D eigenvalue weighted by Gasteiger charge is -2.22. The maximum atomic E-state index is 13.9. The fraction of sp³-hybridized carbons (Fsp3) is 0.538. The molecule has 3 rings (SSSR count). The maximum absolute atomic E-state index is 13.9. The van der Waals surface area contributed by atoms with E-state index >= 15 is 0 Å². The number of ether oxygens (including phenoxy) is 2. The van der Waals surface area contributed by atoms with Crippen molar-refractivity contribution in [3.8, 4) is 5.75 Å². The minimum Gasteiger partial charge on any atom is -0.467 e. The number of fused-ring (bicyclic) bond motifs is 1. The summed E-state index contributed by atoms with van der Waals surface area (Å²) in [5.41, 5.74) is 1.67. The highest BCUT2D eigenvalue weighted by atomic mass is 19.1. The molecule has 1 aromatic carbocycles. The third-order valence-corrected chi connectivity index (χ3v) is 3.53. The van der Waals surface area contributed by atoms with Crippen LogP contribution in [0.15, 0.2) is 12.1 Å². The Kier molecular flexibility index (Phi) is 2.99. The highest BCUT2D eigenvalue weighted by Crippen LogP contribution is 2.31. The second-order valence-electron chi connectivity index (χ2n) is 4.68. The molecule has 0 bridgehead atoms. The molecule has 0 aliphatic carbocycles. The van der Waals surface area contributed by atoms with Gasteiger partial charge in [-0.15, -0.1) is 0 Å². The molecule has 1 saturated heterocycles. The summed E-state index contributed by atoms with van der Waals surface area (Å²) in [4.78, 5) is 0. The van der Waals surface area contributed by atoms with Crippen molar-refractivity contribution in [1.29, 1.82) is 0 Å². The summed E-state index contributed by atoms with van der Waals surface area (Å²) in [5.74, 6) is 1.17. The summed E-state index contributed by atoms with van der Waals surface area (Å²) in [6, 6.07) is 3.20. The highest BCUT2D eigenvalue weighted by Gasteiger charge is 2.22. The van der Waals surface area contributed by atoms with Gasteiger partial charge in [0.05, 0.1) is 6.61 Å². The van der Waals surface area contributed by atoms with Crippen molar-refractivity contribution in [2.24, 2.45) is 5.92 Å². The molecule has 2 aliphatic rings. The Morgan fingerprint density at radius 1 is 1.41 bits per heavy atom. The van der Waals surface area contributed by atoms with E-state index in [2.05, 4.69) is 5.32 Å². The topological polar surface area (TPSA) is 30.5 Å². The molecule has 2 aliphatic heterocycles. The molecule has 1 fully saturated rings. The molecule has 0 saturated carbocycles. The second-order valence-corrected chi connectivity index (χ2v) is 4.68. The lowest BCUT2D eigenvalue weighted by molar-refractivity contribution is -0.0171. The van der Waals surface area contributed by atoms with E-state index in [1.165, 1.54) is 6.07 Å². The van der Waals surface area contributed by atoms with E-state index in [1.54, 1.807) is 6.07 Å². The number of nitrogens with one attached hydrogen (secondary N) is 1. The van der Waals surface area contributed by atoms with Crippen LogP contribution in [0.3, 0.4) is 0 Å². The average Bonchev–Trinajstić information content (AvgIpc) is 2.86. The Bertz CT molecular complexity index is 416. The van der Waals surface area contributed by atoms with Crippen molar-refractivity contribution in [2.75, 3.05) is 19.9 Å². The fourth-order valence-electron chi connectivity index (χ4n) is 2.58. The molecule has 0 amide bonds. The third-order valence-electron chi connectivity index (χ3n) is 3.53.